The Kier molecular flexibility index (Phi) is 2.83. The minimum Gasteiger partial charge on any atom is -0.353 e. The van der Waals surface area contributed by atoms with Crippen LogP contribution in [0.15, 0.2) is 16.7 Å². The predicted octanol–water partition coefficient (Wildman–Crippen LogP) is 2.01. The first-order chi connectivity index (χ1) is 7.38. The lowest BCUT2D eigenvalue weighted by molar-refractivity contribution is -0.137. The molecule has 2 heterocycles. The van der Waals surface area contributed by atoms with Crippen molar-refractivity contribution in [2.75, 3.05) is 18.0 Å². The number of alkyl halides is 3. The Labute approximate surface area is 98.6 Å². The molecule has 3 nitrogen and oxygen atoms in total. The van der Waals surface area contributed by atoms with E-state index in [4.69, 9.17) is 5.73 Å². The smallest absolute Gasteiger partial charge is 0.353 e. The van der Waals surface area contributed by atoms with Gasteiger partial charge in [-0.1, -0.05) is 0 Å². The third-order valence-electron chi connectivity index (χ3n) is 2.35. The summed E-state index contributed by atoms with van der Waals surface area (Å²) in [5.41, 5.74) is 4.81. The lowest BCUT2D eigenvalue weighted by Crippen LogP contribution is -2.56. The highest BCUT2D eigenvalue weighted by molar-refractivity contribution is 9.10. The normalized spacial score (nSPS) is 17.4. The van der Waals surface area contributed by atoms with Gasteiger partial charge >= 0.3 is 6.18 Å². The van der Waals surface area contributed by atoms with Crippen LogP contribution in [0, 0.1) is 0 Å². The number of anilines is 1. The molecule has 2 rings (SSSR count). The highest BCUT2D eigenvalue weighted by Crippen LogP contribution is 2.37. The molecule has 0 spiro atoms. The number of nitrogens with two attached hydrogens (primary N) is 1. The van der Waals surface area contributed by atoms with Gasteiger partial charge in [-0.15, -0.1) is 0 Å². The molecule has 0 amide bonds. The van der Waals surface area contributed by atoms with Gasteiger partial charge < -0.3 is 10.6 Å². The molecule has 0 unspecified atom stereocenters. The van der Waals surface area contributed by atoms with E-state index in [0.29, 0.717) is 17.6 Å². The molecule has 1 saturated heterocycles. The van der Waals surface area contributed by atoms with Gasteiger partial charge in [0, 0.05) is 29.8 Å². The first-order valence-electron chi connectivity index (χ1n) is 4.61. The summed E-state index contributed by atoms with van der Waals surface area (Å²) >= 11 is 2.98. The summed E-state index contributed by atoms with van der Waals surface area (Å²) in [6.45, 7) is 0.829. The minimum atomic E-state index is -4.40. The van der Waals surface area contributed by atoms with Crippen molar-refractivity contribution in [2.45, 2.75) is 12.2 Å². The molecule has 0 saturated carbocycles. The second kappa shape index (κ2) is 3.89. The van der Waals surface area contributed by atoms with Crippen LogP contribution in [0.1, 0.15) is 5.56 Å². The van der Waals surface area contributed by atoms with Gasteiger partial charge in [0.1, 0.15) is 5.82 Å². The number of halogens is 4. The summed E-state index contributed by atoms with van der Waals surface area (Å²) in [6.07, 6.45) is -3.04. The van der Waals surface area contributed by atoms with E-state index in [0.717, 1.165) is 6.07 Å². The number of aromatic nitrogens is 1. The van der Waals surface area contributed by atoms with Crippen molar-refractivity contribution in [1.29, 1.82) is 0 Å². The van der Waals surface area contributed by atoms with E-state index in [1.165, 1.54) is 11.1 Å². The van der Waals surface area contributed by atoms with Crippen LogP contribution in [-0.2, 0) is 6.18 Å². The monoisotopic (exact) mass is 295 g/mol. The van der Waals surface area contributed by atoms with Crippen molar-refractivity contribution in [3.63, 3.8) is 0 Å². The summed E-state index contributed by atoms with van der Waals surface area (Å²) in [7, 11) is 0. The fourth-order valence-corrected chi connectivity index (χ4v) is 1.91. The Morgan fingerprint density at radius 1 is 1.44 bits per heavy atom. The second-order valence-corrected chi connectivity index (χ2v) is 4.60. The quantitative estimate of drug-likeness (QED) is 0.862. The van der Waals surface area contributed by atoms with Crippen molar-refractivity contribution in [3.05, 3.63) is 22.3 Å². The van der Waals surface area contributed by atoms with Crippen molar-refractivity contribution in [2.24, 2.45) is 5.73 Å². The Morgan fingerprint density at radius 2 is 2.06 bits per heavy atom. The molecule has 0 aliphatic carbocycles. The largest absolute Gasteiger partial charge is 0.419 e. The van der Waals surface area contributed by atoms with Crippen molar-refractivity contribution in [3.8, 4) is 0 Å². The maximum atomic E-state index is 12.7. The van der Waals surface area contributed by atoms with E-state index in [1.54, 1.807) is 0 Å². The van der Waals surface area contributed by atoms with Gasteiger partial charge in [-0.05, 0) is 22.0 Å². The van der Waals surface area contributed by atoms with E-state index >= 15 is 0 Å². The van der Waals surface area contributed by atoms with Crippen LogP contribution in [0.3, 0.4) is 0 Å². The van der Waals surface area contributed by atoms with Gasteiger partial charge in [0.05, 0.1) is 5.56 Å². The van der Waals surface area contributed by atoms with Gasteiger partial charge in [0.25, 0.3) is 0 Å². The molecule has 0 radical (unpaired) electrons. The van der Waals surface area contributed by atoms with Gasteiger partial charge in [-0.2, -0.15) is 13.2 Å². The molecule has 0 bridgehead atoms. The van der Waals surface area contributed by atoms with E-state index in [1.807, 2.05) is 0 Å². The fraction of sp³-hybridized carbons (Fsp3) is 0.444. The second-order valence-electron chi connectivity index (χ2n) is 3.69. The van der Waals surface area contributed by atoms with Gasteiger partial charge in [-0.25, -0.2) is 4.98 Å². The first kappa shape index (κ1) is 11.7. The molecule has 0 atom stereocenters. The molecule has 16 heavy (non-hydrogen) atoms. The average molecular weight is 296 g/mol. The van der Waals surface area contributed by atoms with Crippen LogP contribution in [0.5, 0.6) is 0 Å². The van der Waals surface area contributed by atoms with Crippen molar-refractivity contribution in [1.82, 2.24) is 4.98 Å². The summed E-state index contributed by atoms with van der Waals surface area (Å²) in [5.74, 6) is -0.0441. The Morgan fingerprint density at radius 3 is 2.56 bits per heavy atom. The van der Waals surface area contributed by atoms with Gasteiger partial charge in [0.2, 0.25) is 0 Å². The molecule has 88 valence electrons. The highest BCUT2D eigenvalue weighted by Gasteiger charge is 2.38. The fourth-order valence-electron chi connectivity index (χ4n) is 1.58. The van der Waals surface area contributed by atoms with Crippen molar-refractivity contribution < 1.29 is 13.2 Å². The standard InChI is InChI=1S/C9H9BrF3N3/c10-5-1-7(9(11,12)13)8(15-2-5)16-3-6(14)4-16/h1-2,6H,3-4,14H2. The van der Waals surface area contributed by atoms with Crippen LogP contribution < -0.4 is 10.6 Å². The van der Waals surface area contributed by atoms with Crippen LogP contribution >= 0.6 is 15.9 Å². The molecular formula is C9H9BrF3N3. The zero-order valence-corrected chi connectivity index (χ0v) is 9.72. The maximum Gasteiger partial charge on any atom is 0.419 e. The van der Waals surface area contributed by atoms with Crippen molar-refractivity contribution >= 4 is 21.7 Å². The Bertz CT molecular complexity index is 401. The third kappa shape index (κ3) is 2.15. The third-order valence-corrected chi connectivity index (χ3v) is 2.78. The number of pyridine rings is 1. The lowest BCUT2D eigenvalue weighted by atomic mass is 10.1. The molecular weight excluding hydrogens is 287 g/mol. The zero-order chi connectivity index (χ0) is 11.9. The molecule has 0 aromatic carbocycles. The Balaban J connectivity index is 2.37. The van der Waals surface area contributed by atoms with Crippen LogP contribution in [0.4, 0.5) is 19.0 Å². The van der Waals surface area contributed by atoms with Gasteiger partial charge in [-0.3, -0.25) is 0 Å². The maximum absolute atomic E-state index is 12.7. The lowest BCUT2D eigenvalue weighted by Gasteiger charge is -2.38. The van der Waals surface area contributed by atoms with Crippen LogP contribution in [0.25, 0.3) is 0 Å². The highest BCUT2D eigenvalue weighted by atomic mass is 79.9. The zero-order valence-electron chi connectivity index (χ0n) is 8.13. The van der Waals surface area contributed by atoms with Crippen LogP contribution in [-0.4, -0.2) is 24.1 Å². The molecule has 2 N–H and O–H groups in total. The first-order valence-corrected chi connectivity index (χ1v) is 5.40. The number of hydrogen-bond acceptors (Lipinski definition) is 3. The summed E-state index contributed by atoms with van der Waals surface area (Å²) < 4.78 is 38.5. The molecule has 1 aliphatic heterocycles. The van der Waals surface area contributed by atoms with E-state index < -0.39 is 11.7 Å². The summed E-state index contributed by atoms with van der Waals surface area (Å²) in [5, 5.41) is 0. The van der Waals surface area contributed by atoms with E-state index in [9.17, 15) is 13.2 Å². The topological polar surface area (TPSA) is 42.1 Å². The summed E-state index contributed by atoms with van der Waals surface area (Å²) in [6, 6.07) is 0.971. The van der Waals surface area contributed by atoms with E-state index in [2.05, 4.69) is 20.9 Å². The summed E-state index contributed by atoms with van der Waals surface area (Å²) in [4.78, 5) is 5.33. The SMILES string of the molecule is NC1CN(c2ncc(Br)cc2C(F)(F)F)C1. The minimum absolute atomic E-state index is 0.0441. The predicted molar refractivity (Wildman–Crippen MR) is 57.1 cm³/mol. The Hall–Kier alpha value is -0.820. The number of nitrogens with zero attached hydrogens (tertiary/aromatic N) is 2. The molecule has 1 aromatic heterocycles. The van der Waals surface area contributed by atoms with Gasteiger partial charge in [0.15, 0.2) is 0 Å². The molecule has 7 heteroatoms. The van der Waals surface area contributed by atoms with Crippen LogP contribution in [0.2, 0.25) is 0 Å². The molecule has 1 aliphatic rings. The molecule has 1 aromatic rings. The average Bonchev–Trinajstić information content (AvgIpc) is 2.12. The van der Waals surface area contributed by atoms with E-state index in [-0.39, 0.29) is 11.9 Å². The number of rotatable bonds is 1. The number of hydrogen-bond donors (Lipinski definition) is 1. The molecule has 1 fully saturated rings.